The van der Waals surface area contributed by atoms with Gasteiger partial charge in [-0.05, 0) is 42.4 Å². The van der Waals surface area contributed by atoms with Crippen LogP contribution in [-0.4, -0.2) is 42.4 Å². The number of hydrogen-bond acceptors (Lipinski definition) is 4. The number of esters is 1. The van der Waals surface area contributed by atoms with Crippen molar-refractivity contribution in [1.29, 1.82) is 0 Å². The van der Waals surface area contributed by atoms with Crippen molar-refractivity contribution in [2.24, 2.45) is 0 Å². The Bertz CT molecular complexity index is 941. The van der Waals surface area contributed by atoms with E-state index >= 15 is 0 Å². The van der Waals surface area contributed by atoms with E-state index < -0.39 is 11.4 Å². The number of ether oxygens (including phenoxy) is 1. The molecule has 0 atom stereocenters. The number of nitrogens with one attached hydrogen (secondary N) is 1. The van der Waals surface area contributed by atoms with Gasteiger partial charge in [-0.3, -0.25) is 14.4 Å². The van der Waals surface area contributed by atoms with Crippen LogP contribution in [0.3, 0.4) is 0 Å². The summed E-state index contributed by atoms with van der Waals surface area (Å²) in [6, 6.07) is 15.5. The summed E-state index contributed by atoms with van der Waals surface area (Å²) in [4.78, 5) is 39.5. The number of likely N-dealkylation sites (tertiary alicyclic amines) is 1. The second kappa shape index (κ2) is 10.4. The van der Waals surface area contributed by atoms with Crippen molar-refractivity contribution in [1.82, 2.24) is 4.90 Å². The monoisotopic (exact) mass is 436 g/mol. The lowest BCUT2D eigenvalue weighted by atomic mass is 9.72. The van der Waals surface area contributed by atoms with E-state index in [1.54, 1.807) is 4.90 Å². The fourth-order valence-corrected chi connectivity index (χ4v) is 4.42. The molecule has 0 unspecified atom stereocenters. The van der Waals surface area contributed by atoms with Crippen LogP contribution in [0, 0.1) is 0 Å². The normalized spacial score (nSPS) is 15.2. The Hall–Kier alpha value is -3.15. The molecule has 0 spiro atoms. The zero-order valence-electron chi connectivity index (χ0n) is 19.1. The van der Waals surface area contributed by atoms with Crippen LogP contribution in [0.4, 0.5) is 5.69 Å². The lowest BCUT2D eigenvalue weighted by Crippen LogP contribution is -2.49. The molecule has 3 rings (SSSR count). The van der Waals surface area contributed by atoms with E-state index in [2.05, 4.69) is 5.32 Å². The SMILES string of the molecule is CCc1cccc(CC)c1NC(=O)COC(=O)C1(c2ccccc2)CCN(C(C)=O)CC1. The first-order valence-electron chi connectivity index (χ1n) is 11.3. The molecule has 0 aromatic heterocycles. The lowest BCUT2D eigenvalue weighted by Gasteiger charge is -2.40. The molecule has 0 aliphatic carbocycles. The number of nitrogens with zero attached hydrogens (tertiary/aromatic N) is 1. The molecular weight excluding hydrogens is 404 g/mol. The third-order valence-corrected chi connectivity index (χ3v) is 6.38. The average molecular weight is 437 g/mol. The maximum Gasteiger partial charge on any atom is 0.317 e. The lowest BCUT2D eigenvalue weighted by molar-refractivity contribution is -0.156. The standard InChI is InChI=1S/C26H32N2O4/c1-4-20-10-9-11-21(5-2)24(20)27-23(30)18-32-25(31)26(22-12-7-6-8-13-22)14-16-28(17-15-26)19(3)29/h6-13H,4-5,14-18H2,1-3H3,(H,27,30). The topological polar surface area (TPSA) is 75.7 Å². The number of carbonyl (C=O) groups excluding carboxylic acids is 3. The number of benzene rings is 2. The van der Waals surface area contributed by atoms with Gasteiger partial charge in [-0.2, -0.15) is 0 Å². The third kappa shape index (κ3) is 5.01. The van der Waals surface area contributed by atoms with Crippen LogP contribution in [-0.2, 0) is 37.4 Å². The summed E-state index contributed by atoms with van der Waals surface area (Å²) < 4.78 is 5.56. The molecule has 0 bridgehead atoms. The third-order valence-electron chi connectivity index (χ3n) is 6.38. The highest BCUT2D eigenvalue weighted by molar-refractivity contribution is 5.95. The van der Waals surface area contributed by atoms with E-state index in [1.165, 1.54) is 6.92 Å². The van der Waals surface area contributed by atoms with Crippen molar-refractivity contribution in [3.05, 3.63) is 65.2 Å². The van der Waals surface area contributed by atoms with Gasteiger partial charge in [0.05, 0.1) is 5.41 Å². The zero-order chi connectivity index (χ0) is 23.1. The van der Waals surface area contributed by atoms with Gasteiger partial charge in [0.1, 0.15) is 0 Å². The molecule has 32 heavy (non-hydrogen) atoms. The predicted octanol–water partition coefficient (Wildman–Crippen LogP) is 3.87. The van der Waals surface area contributed by atoms with E-state index in [9.17, 15) is 14.4 Å². The van der Waals surface area contributed by atoms with E-state index in [1.807, 2.05) is 62.4 Å². The van der Waals surface area contributed by atoms with Crippen LogP contribution in [0.5, 0.6) is 0 Å². The van der Waals surface area contributed by atoms with E-state index in [4.69, 9.17) is 4.74 Å². The molecule has 1 aliphatic heterocycles. The number of para-hydroxylation sites is 1. The summed E-state index contributed by atoms with van der Waals surface area (Å²) in [6.07, 6.45) is 2.53. The number of anilines is 1. The fraction of sp³-hybridized carbons (Fsp3) is 0.423. The highest BCUT2D eigenvalue weighted by Crippen LogP contribution is 2.37. The summed E-state index contributed by atoms with van der Waals surface area (Å²) in [6.45, 7) is 6.25. The Labute approximate surface area is 189 Å². The first kappa shape index (κ1) is 23.5. The summed E-state index contributed by atoms with van der Waals surface area (Å²) >= 11 is 0. The number of carbonyl (C=O) groups is 3. The van der Waals surface area contributed by atoms with Gasteiger partial charge in [0.25, 0.3) is 5.91 Å². The molecule has 2 aromatic carbocycles. The molecule has 1 fully saturated rings. The van der Waals surface area contributed by atoms with Crippen molar-refractivity contribution in [3.8, 4) is 0 Å². The van der Waals surface area contributed by atoms with E-state index in [0.717, 1.165) is 35.2 Å². The minimum absolute atomic E-state index is 0.000671. The predicted molar refractivity (Wildman–Crippen MR) is 124 cm³/mol. The first-order chi connectivity index (χ1) is 15.4. The quantitative estimate of drug-likeness (QED) is 0.669. The van der Waals surface area contributed by atoms with Crippen LogP contribution in [0.2, 0.25) is 0 Å². The van der Waals surface area contributed by atoms with Crippen molar-refractivity contribution in [3.63, 3.8) is 0 Å². The van der Waals surface area contributed by atoms with Crippen LogP contribution in [0.1, 0.15) is 50.3 Å². The van der Waals surface area contributed by atoms with E-state index in [0.29, 0.717) is 25.9 Å². The van der Waals surface area contributed by atoms with Gasteiger partial charge in [-0.1, -0.05) is 62.4 Å². The maximum absolute atomic E-state index is 13.3. The van der Waals surface area contributed by atoms with E-state index in [-0.39, 0.29) is 18.4 Å². The minimum Gasteiger partial charge on any atom is -0.455 e. The van der Waals surface area contributed by atoms with Gasteiger partial charge in [0, 0.05) is 25.7 Å². The number of rotatable bonds is 7. The first-order valence-corrected chi connectivity index (χ1v) is 11.3. The van der Waals surface area contributed by atoms with Gasteiger partial charge in [-0.25, -0.2) is 0 Å². The number of amides is 2. The number of hydrogen-bond donors (Lipinski definition) is 1. The maximum atomic E-state index is 13.3. The molecule has 1 N–H and O–H groups in total. The minimum atomic E-state index is -0.858. The van der Waals surface area contributed by atoms with Gasteiger partial charge in [0.15, 0.2) is 6.61 Å². The average Bonchev–Trinajstić information content (AvgIpc) is 2.83. The molecule has 2 aromatic rings. The fourth-order valence-electron chi connectivity index (χ4n) is 4.42. The summed E-state index contributed by atoms with van der Waals surface area (Å²) in [5.41, 5.74) is 2.93. The molecule has 2 amide bonds. The molecule has 1 heterocycles. The zero-order valence-corrected chi connectivity index (χ0v) is 19.1. The van der Waals surface area contributed by atoms with Gasteiger partial charge in [0.2, 0.25) is 5.91 Å². The second-order valence-electron chi connectivity index (χ2n) is 8.24. The molecule has 6 heteroatoms. The Balaban J connectivity index is 1.73. The summed E-state index contributed by atoms with van der Waals surface area (Å²) in [7, 11) is 0. The Morgan fingerprint density at radius 1 is 0.938 bits per heavy atom. The Morgan fingerprint density at radius 3 is 2.06 bits per heavy atom. The van der Waals surface area contributed by atoms with Crippen LogP contribution < -0.4 is 5.32 Å². The second-order valence-corrected chi connectivity index (χ2v) is 8.24. The highest BCUT2D eigenvalue weighted by Gasteiger charge is 2.44. The van der Waals surface area contributed by atoms with Gasteiger partial charge >= 0.3 is 5.97 Å². The Kier molecular flexibility index (Phi) is 7.67. The van der Waals surface area contributed by atoms with Crippen LogP contribution in [0.15, 0.2) is 48.5 Å². The smallest absolute Gasteiger partial charge is 0.317 e. The molecule has 0 radical (unpaired) electrons. The number of aryl methyl sites for hydroxylation is 2. The van der Waals surface area contributed by atoms with Crippen molar-refractivity contribution in [2.75, 3.05) is 25.0 Å². The molecule has 0 saturated carbocycles. The molecule has 1 saturated heterocycles. The van der Waals surface area contributed by atoms with Gasteiger partial charge in [-0.15, -0.1) is 0 Å². The highest BCUT2D eigenvalue weighted by atomic mass is 16.5. The molecule has 6 nitrogen and oxygen atoms in total. The molecular formula is C26H32N2O4. The van der Waals surface area contributed by atoms with Gasteiger partial charge < -0.3 is 15.0 Å². The molecule has 1 aliphatic rings. The van der Waals surface area contributed by atoms with Crippen molar-refractivity contribution in [2.45, 2.75) is 51.9 Å². The van der Waals surface area contributed by atoms with Crippen molar-refractivity contribution >= 4 is 23.5 Å². The largest absolute Gasteiger partial charge is 0.455 e. The van der Waals surface area contributed by atoms with Crippen LogP contribution >= 0.6 is 0 Å². The summed E-state index contributed by atoms with van der Waals surface area (Å²) in [5, 5.41) is 2.94. The molecule has 170 valence electrons. The van der Waals surface area contributed by atoms with Crippen molar-refractivity contribution < 1.29 is 19.1 Å². The summed E-state index contributed by atoms with van der Waals surface area (Å²) in [5.74, 6) is -0.763. The van der Waals surface area contributed by atoms with Crippen LogP contribution in [0.25, 0.3) is 0 Å². The Morgan fingerprint density at radius 2 is 1.53 bits per heavy atom. The number of piperidine rings is 1.